The van der Waals surface area contributed by atoms with Crippen molar-refractivity contribution in [2.24, 2.45) is 0 Å². The van der Waals surface area contributed by atoms with Crippen LogP contribution >= 0.6 is 34.4 Å². The van der Waals surface area contributed by atoms with E-state index in [1.807, 2.05) is 55.5 Å². The molecule has 4 nitrogen and oxygen atoms in total. The molecule has 0 spiro atoms. The predicted octanol–water partition coefficient (Wildman–Crippen LogP) is 4.76. The van der Waals surface area contributed by atoms with E-state index >= 15 is 0 Å². The molecule has 0 aliphatic rings. The summed E-state index contributed by atoms with van der Waals surface area (Å²) < 4.78 is 1.13. The van der Waals surface area contributed by atoms with Crippen LogP contribution in [0.2, 0.25) is 0 Å². The minimum atomic E-state index is -0.0402. The minimum absolute atomic E-state index is 0.0230. The van der Waals surface area contributed by atoms with Crippen molar-refractivity contribution in [3.05, 3.63) is 52.1 Å². The highest BCUT2D eigenvalue weighted by molar-refractivity contribution is 14.1. The van der Waals surface area contributed by atoms with E-state index in [-0.39, 0.29) is 11.8 Å². The van der Waals surface area contributed by atoms with Crippen LogP contribution < -0.4 is 10.6 Å². The molecule has 0 saturated carbocycles. The van der Waals surface area contributed by atoms with E-state index in [1.165, 1.54) is 11.8 Å². The Bertz CT molecular complexity index is 687. The highest BCUT2D eigenvalue weighted by Gasteiger charge is 2.05. The van der Waals surface area contributed by atoms with Gasteiger partial charge >= 0.3 is 0 Å². The molecule has 2 aromatic carbocycles. The van der Waals surface area contributed by atoms with Crippen LogP contribution in [0, 0.1) is 3.57 Å². The Labute approximate surface area is 159 Å². The summed E-state index contributed by atoms with van der Waals surface area (Å²) in [4.78, 5) is 24.5. The Morgan fingerprint density at radius 1 is 0.917 bits per heavy atom. The molecule has 0 saturated heterocycles. The van der Waals surface area contributed by atoms with E-state index in [4.69, 9.17) is 0 Å². The van der Waals surface area contributed by atoms with E-state index in [0.717, 1.165) is 26.3 Å². The third-order valence-electron chi connectivity index (χ3n) is 3.11. The van der Waals surface area contributed by atoms with E-state index < -0.39 is 0 Å². The molecule has 2 N–H and O–H groups in total. The number of hydrogen-bond donors (Lipinski definition) is 2. The quantitative estimate of drug-likeness (QED) is 0.469. The Hall–Kier alpha value is -1.54. The van der Waals surface area contributed by atoms with Crippen LogP contribution in [-0.2, 0) is 9.59 Å². The first-order chi connectivity index (χ1) is 11.6. The lowest BCUT2D eigenvalue weighted by molar-refractivity contribution is -0.116. The van der Waals surface area contributed by atoms with Gasteiger partial charge in [0.15, 0.2) is 0 Å². The first kappa shape index (κ1) is 18.8. The summed E-state index contributed by atoms with van der Waals surface area (Å²) in [6.45, 7) is 1.97. The number of nitrogens with one attached hydrogen (secondary N) is 2. The van der Waals surface area contributed by atoms with Gasteiger partial charge in [0.25, 0.3) is 0 Å². The average Bonchev–Trinajstić information content (AvgIpc) is 2.56. The summed E-state index contributed by atoms with van der Waals surface area (Å²) in [5, 5.41) is 5.71. The molecule has 0 heterocycles. The molecule has 126 valence electrons. The summed E-state index contributed by atoms with van der Waals surface area (Å²) in [6, 6.07) is 15.2. The number of hydrogen-bond acceptors (Lipinski definition) is 3. The molecule has 2 amide bonds. The van der Waals surface area contributed by atoms with Crippen molar-refractivity contribution in [2.75, 3.05) is 16.4 Å². The van der Waals surface area contributed by atoms with Crippen LogP contribution in [0.15, 0.2) is 53.4 Å². The van der Waals surface area contributed by atoms with Crippen molar-refractivity contribution < 1.29 is 9.59 Å². The fourth-order valence-corrected chi connectivity index (χ4v) is 3.02. The number of benzene rings is 2. The average molecular weight is 454 g/mol. The summed E-state index contributed by atoms with van der Waals surface area (Å²) in [5.74, 6) is 0.324. The number of carbonyl (C=O) groups excluding carboxylic acids is 2. The van der Waals surface area contributed by atoms with Crippen LogP contribution in [0.1, 0.15) is 19.8 Å². The van der Waals surface area contributed by atoms with Gasteiger partial charge in [0.2, 0.25) is 11.8 Å². The van der Waals surface area contributed by atoms with Crippen LogP contribution in [0.4, 0.5) is 11.4 Å². The van der Waals surface area contributed by atoms with Crippen LogP contribution in [-0.4, -0.2) is 17.6 Å². The van der Waals surface area contributed by atoms with Gasteiger partial charge in [-0.05, 0) is 77.5 Å². The van der Waals surface area contributed by atoms with Gasteiger partial charge in [-0.3, -0.25) is 9.59 Å². The number of thioether (sulfide) groups is 1. The molecule has 24 heavy (non-hydrogen) atoms. The lowest BCUT2D eigenvalue weighted by Gasteiger charge is -2.07. The van der Waals surface area contributed by atoms with Gasteiger partial charge in [-0.1, -0.05) is 6.92 Å². The molecule has 0 unspecified atom stereocenters. The SMILES string of the molecule is CCCC(=O)Nc1ccc(SCC(=O)Nc2ccc(I)cc2)cc1. The van der Waals surface area contributed by atoms with Gasteiger partial charge in [0.1, 0.15) is 0 Å². The number of amides is 2. The number of anilines is 2. The molecule has 2 rings (SSSR count). The second-order valence-electron chi connectivity index (χ2n) is 5.17. The highest BCUT2D eigenvalue weighted by atomic mass is 127. The second-order valence-corrected chi connectivity index (χ2v) is 7.46. The van der Waals surface area contributed by atoms with E-state index in [1.54, 1.807) is 0 Å². The predicted molar refractivity (Wildman–Crippen MR) is 108 cm³/mol. The first-order valence-corrected chi connectivity index (χ1v) is 9.71. The normalized spacial score (nSPS) is 10.2. The molecule has 0 aromatic heterocycles. The zero-order chi connectivity index (χ0) is 17.4. The van der Waals surface area contributed by atoms with Gasteiger partial charge in [0.05, 0.1) is 5.75 Å². The molecule has 6 heteroatoms. The standard InChI is InChI=1S/C18H19IN2O2S/c1-2-3-17(22)20-15-8-10-16(11-9-15)24-12-18(23)21-14-6-4-13(19)5-7-14/h4-11H,2-3,12H2,1H3,(H,20,22)(H,21,23). The van der Waals surface area contributed by atoms with Crippen LogP contribution in [0.25, 0.3) is 0 Å². The van der Waals surface area contributed by atoms with Crippen LogP contribution in [0.5, 0.6) is 0 Å². The molecule has 0 fully saturated rings. The zero-order valence-electron chi connectivity index (χ0n) is 13.3. The fourth-order valence-electron chi connectivity index (χ4n) is 1.96. The molecular formula is C18H19IN2O2S. The van der Waals surface area contributed by atoms with Crippen molar-refractivity contribution in [3.8, 4) is 0 Å². The molecule has 0 atom stereocenters. The molecule has 2 aromatic rings. The summed E-state index contributed by atoms with van der Waals surface area (Å²) in [7, 11) is 0. The Balaban J connectivity index is 1.80. The summed E-state index contributed by atoms with van der Waals surface area (Å²) >= 11 is 3.69. The van der Waals surface area contributed by atoms with Gasteiger partial charge in [-0.2, -0.15) is 0 Å². The summed E-state index contributed by atoms with van der Waals surface area (Å²) in [6.07, 6.45) is 1.35. The topological polar surface area (TPSA) is 58.2 Å². The molecular weight excluding hydrogens is 435 g/mol. The van der Waals surface area contributed by atoms with Crippen LogP contribution in [0.3, 0.4) is 0 Å². The smallest absolute Gasteiger partial charge is 0.234 e. The molecule has 0 aliphatic heterocycles. The lowest BCUT2D eigenvalue weighted by atomic mass is 10.3. The van der Waals surface area contributed by atoms with Gasteiger partial charge in [-0.25, -0.2) is 0 Å². The van der Waals surface area contributed by atoms with Crippen molar-refractivity contribution in [3.63, 3.8) is 0 Å². The monoisotopic (exact) mass is 454 g/mol. The van der Waals surface area contributed by atoms with Gasteiger partial charge < -0.3 is 10.6 Å². The largest absolute Gasteiger partial charge is 0.326 e. The molecule has 0 radical (unpaired) electrons. The molecule has 0 aliphatic carbocycles. The fraction of sp³-hybridized carbons (Fsp3) is 0.222. The third kappa shape index (κ3) is 6.52. The number of halogens is 1. The van der Waals surface area contributed by atoms with Crippen molar-refractivity contribution in [1.82, 2.24) is 0 Å². The highest BCUT2D eigenvalue weighted by Crippen LogP contribution is 2.21. The Morgan fingerprint density at radius 3 is 2.04 bits per heavy atom. The third-order valence-corrected chi connectivity index (χ3v) is 4.84. The van der Waals surface area contributed by atoms with E-state index in [0.29, 0.717) is 12.2 Å². The first-order valence-electron chi connectivity index (χ1n) is 7.65. The maximum absolute atomic E-state index is 12.0. The minimum Gasteiger partial charge on any atom is -0.326 e. The van der Waals surface area contributed by atoms with Crippen molar-refractivity contribution in [2.45, 2.75) is 24.7 Å². The van der Waals surface area contributed by atoms with Gasteiger partial charge in [-0.15, -0.1) is 11.8 Å². The van der Waals surface area contributed by atoms with Crippen molar-refractivity contribution >= 4 is 57.5 Å². The van der Waals surface area contributed by atoms with E-state index in [2.05, 4.69) is 33.2 Å². The van der Waals surface area contributed by atoms with Crippen molar-refractivity contribution in [1.29, 1.82) is 0 Å². The lowest BCUT2D eigenvalue weighted by Crippen LogP contribution is -2.13. The maximum atomic E-state index is 12.0. The van der Waals surface area contributed by atoms with Gasteiger partial charge in [0, 0.05) is 26.3 Å². The summed E-state index contributed by atoms with van der Waals surface area (Å²) in [5.41, 5.74) is 1.58. The maximum Gasteiger partial charge on any atom is 0.234 e. The Morgan fingerprint density at radius 2 is 1.46 bits per heavy atom. The zero-order valence-corrected chi connectivity index (χ0v) is 16.3. The molecule has 0 bridgehead atoms. The Kier molecular flexibility index (Phi) is 7.58. The number of carbonyl (C=O) groups is 2. The number of rotatable bonds is 7. The second kappa shape index (κ2) is 9.68. The van der Waals surface area contributed by atoms with E-state index in [9.17, 15) is 9.59 Å².